The third kappa shape index (κ3) is 2.85. The molecule has 8 heteroatoms. The summed E-state index contributed by atoms with van der Waals surface area (Å²) in [7, 11) is 3.03. The SMILES string of the molecule is C=CCn1c(NN=C(C)c2ccccc2)nc2c1c(=O)n(C)c(=O)n2C. The summed E-state index contributed by atoms with van der Waals surface area (Å²) < 4.78 is 4.06. The number of aromatic nitrogens is 4. The molecule has 0 saturated heterocycles. The van der Waals surface area contributed by atoms with Gasteiger partial charge < -0.3 is 0 Å². The van der Waals surface area contributed by atoms with Crippen molar-refractivity contribution in [3.63, 3.8) is 0 Å². The Morgan fingerprint density at radius 3 is 2.58 bits per heavy atom. The van der Waals surface area contributed by atoms with Gasteiger partial charge in [-0.25, -0.2) is 10.2 Å². The second-order valence-electron chi connectivity index (χ2n) is 5.89. The number of nitrogens with one attached hydrogen (secondary N) is 1. The zero-order chi connectivity index (χ0) is 18.8. The number of nitrogens with zero attached hydrogens (tertiary/aromatic N) is 5. The van der Waals surface area contributed by atoms with Crippen LogP contribution in [0.5, 0.6) is 0 Å². The topological polar surface area (TPSA) is 86.2 Å². The molecule has 26 heavy (non-hydrogen) atoms. The molecule has 0 bridgehead atoms. The Morgan fingerprint density at radius 2 is 1.92 bits per heavy atom. The number of hydrogen-bond acceptors (Lipinski definition) is 5. The molecule has 0 spiro atoms. The first-order valence-corrected chi connectivity index (χ1v) is 8.08. The Morgan fingerprint density at radius 1 is 1.23 bits per heavy atom. The first-order chi connectivity index (χ1) is 12.5. The second-order valence-corrected chi connectivity index (χ2v) is 5.89. The molecule has 0 radical (unpaired) electrons. The highest BCUT2D eigenvalue weighted by Crippen LogP contribution is 2.16. The van der Waals surface area contributed by atoms with Crippen molar-refractivity contribution < 1.29 is 0 Å². The van der Waals surface area contributed by atoms with E-state index in [1.54, 1.807) is 17.7 Å². The Labute approximate surface area is 149 Å². The van der Waals surface area contributed by atoms with Crippen molar-refractivity contribution in [2.24, 2.45) is 19.2 Å². The van der Waals surface area contributed by atoms with Gasteiger partial charge in [0.1, 0.15) is 0 Å². The van der Waals surface area contributed by atoms with Gasteiger partial charge in [-0.2, -0.15) is 10.1 Å². The van der Waals surface area contributed by atoms with Crippen LogP contribution in [-0.4, -0.2) is 24.4 Å². The van der Waals surface area contributed by atoms with E-state index in [1.807, 2.05) is 37.3 Å². The smallest absolute Gasteiger partial charge is 0.299 e. The average molecular weight is 352 g/mol. The molecule has 134 valence electrons. The largest absolute Gasteiger partial charge is 0.332 e. The Hall–Kier alpha value is -3.42. The van der Waals surface area contributed by atoms with Gasteiger partial charge in [0.2, 0.25) is 5.95 Å². The minimum absolute atomic E-state index is 0.301. The van der Waals surface area contributed by atoms with E-state index in [4.69, 9.17) is 0 Å². The lowest BCUT2D eigenvalue weighted by atomic mass is 10.1. The van der Waals surface area contributed by atoms with Crippen LogP contribution in [0.1, 0.15) is 12.5 Å². The van der Waals surface area contributed by atoms with E-state index in [-0.39, 0.29) is 0 Å². The van der Waals surface area contributed by atoms with Crippen LogP contribution in [-0.2, 0) is 20.6 Å². The fraction of sp³-hybridized carbons (Fsp3) is 0.222. The first-order valence-electron chi connectivity index (χ1n) is 8.08. The standard InChI is InChI=1S/C18H20N6O2/c1-5-11-24-14-15(22(3)18(26)23(4)16(14)25)19-17(24)21-20-12(2)13-9-7-6-8-10-13/h5-10H,1,11H2,2-4H3,(H,19,21). The summed E-state index contributed by atoms with van der Waals surface area (Å²) in [6, 6.07) is 9.70. The molecule has 1 N–H and O–H groups in total. The highest BCUT2D eigenvalue weighted by atomic mass is 16.2. The first kappa shape index (κ1) is 17.4. The number of anilines is 1. The molecule has 0 atom stereocenters. The van der Waals surface area contributed by atoms with E-state index >= 15 is 0 Å². The number of hydrazone groups is 1. The maximum Gasteiger partial charge on any atom is 0.332 e. The van der Waals surface area contributed by atoms with Crippen LogP contribution in [0, 0.1) is 0 Å². The summed E-state index contributed by atoms with van der Waals surface area (Å²) in [5.41, 5.74) is 4.43. The fourth-order valence-electron chi connectivity index (χ4n) is 2.72. The molecule has 0 fully saturated rings. The number of allylic oxidation sites excluding steroid dienone is 1. The van der Waals surface area contributed by atoms with Crippen LogP contribution in [0.4, 0.5) is 5.95 Å². The van der Waals surface area contributed by atoms with Gasteiger partial charge in [-0.05, 0) is 12.5 Å². The van der Waals surface area contributed by atoms with E-state index in [1.165, 1.54) is 11.6 Å². The van der Waals surface area contributed by atoms with Crippen LogP contribution < -0.4 is 16.7 Å². The lowest BCUT2D eigenvalue weighted by Crippen LogP contribution is -2.37. The highest BCUT2D eigenvalue weighted by Gasteiger charge is 2.18. The molecule has 3 rings (SSSR count). The van der Waals surface area contributed by atoms with Crippen molar-refractivity contribution in [3.8, 4) is 0 Å². The number of rotatable bonds is 5. The van der Waals surface area contributed by atoms with Gasteiger partial charge in [-0.15, -0.1) is 6.58 Å². The number of hydrogen-bond donors (Lipinski definition) is 1. The lowest BCUT2D eigenvalue weighted by molar-refractivity contribution is 0.703. The van der Waals surface area contributed by atoms with Gasteiger partial charge in [0, 0.05) is 20.6 Å². The summed E-state index contributed by atoms with van der Waals surface area (Å²) in [5.74, 6) is 0.369. The normalized spacial score (nSPS) is 11.7. The van der Waals surface area contributed by atoms with Gasteiger partial charge in [0.05, 0.1) is 5.71 Å². The molecule has 0 saturated carbocycles. The molecule has 0 aliphatic heterocycles. The van der Waals surface area contributed by atoms with Gasteiger partial charge >= 0.3 is 5.69 Å². The average Bonchev–Trinajstić information content (AvgIpc) is 3.02. The van der Waals surface area contributed by atoms with E-state index in [0.29, 0.717) is 23.7 Å². The van der Waals surface area contributed by atoms with Crippen molar-refractivity contribution in [2.45, 2.75) is 13.5 Å². The van der Waals surface area contributed by atoms with Crippen LogP contribution in [0.25, 0.3) is 11.2 Å². The molecule has 0 aliphatic carbocycles. The molecule has 0 amide bonds. The Balaban J connectivity index is 2.14. The van der Waals surface area contributed by atoms with Gasteiger partial charge in [-0.3, -0.25) is 18.5 Å². The number of imidazole rings is 1. The molecular formula is C18H20N6O2. The number of benzene rings is 1. The monoisotopic (exact) mass is 352 g/mol. The van der Waals surface area contributed by atoms with E-state index in [2.05, 4.69) is 22.1 Å². The van der Waals surface area contributed by atoms with Crippen LogP contribution in [0.3, 0.4) is 0 Å². The number of fused-ring (bicyclic) bond motifs is 1. The molecule has 2 heterocycles. The quantitative estimate of drug-likeness (QED) is 0.428. The molecular weight excluding hydrogens is 332 g/mol. The highest BCUT2D eigenvalue weighted by molar-refractivity contribution is 5.99. The molecule has 3 aromatic rings. The van der Waals surface area contributed by atoms with Gasteiger partial charge in [-0.1, -0.05) is 36.4 Å². The molecule has 0 aliphatic rings. The summed E-state index contributed by atoms with van der Waals surface area (Å²) in [4.78, 5) is 29.1. The Bertz CT molecular complexity index is 1120. The van der Waals surface area contributed by atoms with E-state index < -0.39 is 11.2 Å². The minimum Gasteiger partial charge on any atom is -0.299 e. The molecule has 8 nitrogen and oxygen atoms in total. The van der Waals surface area contributed by atoms with Gasteiger partial charge in [0.25, 0.3) is 5.56 Å². The van der Waals surface area contributed by atoms with Crippen molar-refractivity contribution in [3.05, 3.63) is 69.4 Å². The zero-order valence-electron chi connectivity index (χ0n) is 14.9. The maximum atomic E-state index is 12.6. The van der Waals surface area contributed by atoms with Crippen molar-refractivity contribution in [2.75, 3.05) is 5.43 Å². The predicted octanol–water partition coefficient (Wildman–Crippen LogP) is 1.46. The second kappa shape index (κ2) is 6.83. The summed E-state index contributed by atoms with van der Waals surface area (Å²) in [6.45, 7) is 5.95. The summed E-state index contributed by atoms with van der Waals surface area (Å²) in [5, 5.41) is 4.36. The third-order valence-corrected chi connectivity index (χ3v) is 4.17. The fourth-order valence-corrected chi connectivity index (χ4v) is 2.72. The number of aryl methyl sites for hydroxylation is 1. The molecule has 1 aromatic carbocycles. The van der Waals surface area contributed by atoms with Crippen molar-refractivity contribution in [1.29, 1.82) is 0 Å². The summed E-state index contributed by atoms with van der Waals surface area (Å²) >= 11 is 0. The summed E-state index contributed by atoms with van der Waals surface area (Å²) in [6.07, 6.45) is 1.66. The van der Waals surface area contributed by atoms with Crippen LogP contribution in [0.2, 0.25) is 0 Å². The molecule has 0 unspecified atom stereocenters. The zero-order valence-corrected chi connectivity index (χ0v) is 14.9. The van der Waals surface area contributed by atoms with Crippen molar-refractivity contribution >= 4 is 22.8 Å². The minimum atomic E-state index is -0.429. The molecule has 2 aromatic heterocycles. The van der Waals surface area contributed by atoms with Gasteiger partial charge in [0.15, 0.2) is 11.2 Å². The van der Waals surface area contributed by atoms with Crippen molar-refractivity contribution in [1.82, 2.24) is 18.7 Å². The van der Waals surface area contributed by atoms with Crippen LogP contribution >= 0.6 is 0 Å². The van der Waals surface area contributed by atoms with Crippen LogP contribution in [0.15, 0.2) is 57.7 Å². The van der Waals surface area contributed by atoms with E-state index in [0.717, 1.165) is 15.8 Å². The Kier molecular flexibility index (Phi) is 4.57. The maximum absolute atomic E-state index is 12.6. The third-order valence-electron chi connectivity index (χ3n) is 4.17. The van der Waals surface area contributed by atoms with E-state index in [9.17, 15) is 9.59 Å². The lowest BCUT2D eigenvalue weighted by Gasteiger charge is -2.07. The predicted molar refractivity (Wildman–Crippen MR) is 103 cm³/mol.